The molecule has 0 N–H and O–H groups in total. The first kappa shape index (κ1) is 20.6. The Kier molecular flexibility index (Phi) is 5.52. The Morgan fingerprint density at radius 1 is 0.708 bits per heavy atom. The van der Waals surface area contributed by atoms with Gasteiger partial charge in [0.05, 0.1) is 0 Å². The quantitative estimate of drug-likeness (QED) is 0.546. The second-order valence-electron chi connectivity index (χ2n) is 4.93. The second-order valence-corrected chi connectivity index (χ2v) is 4.93. The molecule has 0 atom stereocenters. The Morgan fingerprint density at radius 3 is 1.38 bits per heavy atom. The normalized spacial score (nSPS) is 14.1. The summed E-state index contributed by atoms with van der Waals surface area (Å²) in [6.07, 6.45) is -13.4. The van der Waals surface area contributed by atoms with Crippen LogP contribution in [0.4, 0.5) is 43.9 Å². The highest BCUT2D eigenvalue weighted by Crippen LogP contribution is 2.50. The maximum atomic E-state index is 13.5. The Labute approximate surface area is 130 Å². The van der Waals surface area contributed by atoms with Crippen molar-refractivity contribution in [3.63, 3.8) is 0 Å². The van der Waals surface area contributed by atoms with Crippen LogP contribution in [-0.2, 0) is 18.3 Å². The third kappa shape index (κ3) is 3.61. The van der Waals surface area contributed by atoms with Crippen LogP contribution in [0, 0.1) is 6.92 Å². The molecular weight excluding hydrogens is 358 g/mol. The van der Waals surface area contributed by atoms with Gasteiger partial charge in [-0.2, -0.15) is 43.9 Å². The number of rotatable bonds is 5. The first-order valence-electron chi connectivity index (χ1n) is 6.49. The molecule has 0 saturated heterocycles. The Bertz CT molecular complexity index is 524. The average molecular weight is 369 g/mol. The van der Waals surface area contributed by atoms with Crippen molar-refractivity contribution < 1.29 is 43.9 Å². The minimum Gasteiger partial charge on any atom is -0.191 e. The summed E-state index contributed by atoms with van der Waals surface area (Å²) in [6.45, 7) is 3.26. The fourth-order valence-corrected chi connectivity index (χ4v) is 2.05. The molecule has 0 heterocycles. The van der Waals surface area contributed by atoms with Crippen LogP contribution in [0.3, 0.4) is 0 Å². The first-order valence-corrected chi connectivity index (χ1v) is 6.49. The van der Waals surface area contributed by atoms with Crippen molar-refractivity contribution >= 4 is 0 Å². The van der Waals surface area contributed by atoms with Gasteiger partial charge < -0.3 is 0 Å². The van der Waals surface area contributed by atoms with Gasteiger partial charge in [0.2, 0.25) is 0 Å². The molecule has 0 fully saturated rings. The van der Waals surface area contributed by atoms with Gasteiger partial charge in [-0.15, -0.1) is 0 Å². The summed E-state index contributed by atoms with van der Waals surface area (Å²) in [7, 11) is 0. The first-order chi connectivity index (χ1) is 10.7. The van der Waals surface area contributed by atoms with E-state index in [1.165, 1.54) is 0 Å². The fourth-order valence-electron chi connectivity index (χ4n) is 2.05. The maximum absolute atomic E-state index is 13.5. The van der Waals surface area contributed by atoms with E-state index in [0.29, 0.717) is 6.07 Å². The van der Waals surface area contributed by atoms with Gasteiger partial charge in [-0.3, -0.25) is 0 Å². The summed E-state index contributed by atoms with van der Waals surface area (Å²) >= 11 is 0. The van der Waals surface area contributed by atoms with Gasteiger partial charge in [0.15, 0.2) is 0 Å². The Balaban J connectivity index is 3.68. The van der Waals surface area contributed by atoms with Crippen molar-refractivity contribution in [3.8, 4) is 0 Å². The van der Waals surface area contributed by atoms with Crippen LogP contribution in [0.15, 0.2) is 18.2 Å². The lowest BCUT2D eigenvalue weighted by atomic mass is 9.89. The summed E-state index contributed by atoms with van der Waals surface area (Å²) in [5, 5.41) is 0. The minimum atomic E-state index is -6.14. The molecule has 0 unspecified atom stereocenters. The lowest BCUT2D eigenvalue weighted by Gasteiger charge is -2.27. The van der Waals surface area contributed by atoms with Crippen molar-refractivity contribution in [2.75, 3.05) is 0 Å². The molecule has 0 aliphatic heterocycles. The van der Waals surface area contributed by atoms with E-state index in [0.717, 1.165) is 0 Å². The van der Waals surface area contributed by atoms with E-state index in [1.807, 2.05) is 0 Å². The minimum absolute atomic E-state index is 0.0526. The molecule has 0 bridgehead atoms. The number of benzene rings is 1. The smallest absolute Gasteiger partial charge is 0.191 e. The van der Waals surface area contributed by atoms with Crippen molar-refractivity contribution in [1.82, 2.24) is 0 Å². The summed E-state index contributed by atoms with van der Waals surface area (Å²) in [5.74, 6) is -11.1. The molecule has 0 nitrogen and oxygen atoms in total. The third-order valence-electron chi connectivity index (χ3n) is 3.24. The Hall–Kier alpha value is -1.48. The molecular formula is C14H11F10. The molecule has 0 amide bonds. The summed E-state index contributed by atoms with van der Waals surface area (Å²) in [4.78, 5) is 0. The molecule has 0 aromatic heterocycles. The lowest BCUT2D eigenvalue weighted by molar-refractivity contribution is -0.292. The van der Waals surface area contributed by atoms with Gasteiger partial charge in [0.1, 0.15) is 0 Å². The predicted molar refractivity (Wildman–Crippen MR) is 64.6 cm³/mol. The monoisotopic (exact) mass is 369 g/mol. The van der Waals surface area contributed by atoms with Crippen LogP contribution in [0.1, 0.15) is 29.5 Å². The van der Waals surface area contributed by atoms with Crippen LogP contribution < -0.4 is 0 Å². The fraction of sp³-hybridized carbons (Fsp3) is 0.500. The van der Waals surface area contributed by atoms with Crippen molar-refractivity contribution in [1.29, 1.82) is 0 Å². The van der Waals surface area contributed by atoms with E-state index in [2.05, 4.69) is 6.92 Å². The van der Waals surface area contributed by atoms with E-state index in [4.69, 9.17) is 0 Å². The van der Waals surface area contributed by atoms with Crippen molar-refractivity contribution in [3.05, 3.63) is 41.8 Å². The van der Waals surface area contributed by atoms with E-state index < -0.39 is 47.3 Å². The van der Waals surface area contributed by atoms with Crippen LogP contribution in [-0.4, -0.2) is 12.4 Å². The average Bonchev–Trinajstić information content (AvgIpc) is 2.42. The van der Waals surface area contributed by atoms with Gasteiger partial charge in [0, 0.05) is 11.1 Å². The molecule has 0 saturated carbocycles. The van der Waals surface area contributed by atoms with Gasteiger partial charge in [0.25, 0.3) is 0 Å². The SMILES string of the molecule is [CH2]CCCc1c(C(F)(F)C(F)(F)F)cccc1C(F)(F)C(F)(F)F. The number of hydrogen-bond acceptors (Lipinski definition) is 0. The van der Waals surface area contributed by atoms with Crippen LogP contribution >= 0.6 is 0 Å². The molecule has 1 radical (unpaired) electrons. The second kappa shape index (κ2) is 6.44. The maximum Gasteiger partial charge on any atom is 0.458 e. The standard InChI is InChI=1S/C14H11F10/c1-2-3-5-8-9(11(15,16)13(19,20)21)6-4-7-10(8)12(17,18)14(22,23)24/h4,6-7H,1-3,5H2. The summed E-state index contributed by atoms with van der Waals surface area (Å²) < 4.78 is 129. The van der Waals surface area contributed by atoms with Gasteiger partial charge in [-0.05, 0) is 18.4 Å². The van der Waals surface area contributed by atoms with Crippen LogP contribution in [0.25, 0.3) is 0 Å². The number of unbranched alkanes of at least 4 members (excludes halogenated alkanes) is 1. The third-order valence-corrected chi connectivity index (χ3v) is 3.24. The number of hydrogen-bond donors (Lipinski definition) is 0. The van der Waals surface area contributed by atoms with E-state index in [1.54, 1.807) is 0 Å². The number of halogens is 10. The summed E-state index contributed by atoms with van der Waals surface area (Å²) in [5.41, 5.74) is -5.19. The molecule has 10 heteroatoms. The molecule has 24 heavy (non-hydrogen) atoms. The molecule has 0 aliphatic carbocycles. The highest BCUT2D eigenvalue weighted by Gasteiger charge is 2.63. The zero-order chi connectivity index (χ0) is 19.0. The zero-order valence-corrected chi connectivity index (χ0v) is 11.8. The topological polar surface area (TPSA) is 0 Å². The highest BCUT2D eigenvalue weighted by atomic mass is 19.4. The van der Waals surface area contributed by atoms with E-state index in [-0.39, 0.29) is 25.0 Å². The van der Waals surface area contributed by atoms with E-state index >= 15 is 0 Å². The highest BCUT2D eigenvalue weighted by molar-refractivity contribution is 5.42. The van der Waals surface area contributed by atoms with Gasteiger partial charge >= 0.3 is 24.2 Å². The van der Waals surface area contributed by atoms with Gasteiger partial charge in [-0.25, -0.2) is 0 Å². The largest absolute Gasteiger partial charge is 0.458 e. The lowest BCUT2D eigenvalue weighted by Crippen LogP contribution is -2.38. The van der Waals surface area contributed by atoms with Crippen LogP contribution in [0.2, 0.25) is 0 Å². The molecule has 137 valence electrons. The zero-order valence-electron chi connectivity index (χ0n) is 11.8. The molecule has 0 spiro atoms. The van der Waals surface area contributed by atoms with E-state index in [9.17, 15) is 43.9 Å². The molecule has 1 rings (SSSR count). The van der Waals surface area contributed by atoms with Gasteiger partial charge in [-0.1, -0.05) is 31.5 Å². The van der Waals surface area contributed by atoms with Crippen molar-refractivity contribution in [2.24, 2.45) is 0 Å². The van der Waals surface area contributed by atoms with Crippen molar-refractivity contribution in [2.45, 2.75) is 43.5 Å². The predicted octanol–water partition coefficient (Wildman–Crippen LogP) is 6.15. The molecule has 1 aromatic rings. The number of alkyl halides is 10. The van der Waals surface area contributed by atoms with Crippen LogP contribution in [0.5, 0.6) is 0 Å². The summed E-state index contributed by atoms with van der Waals surface area (Å²) in [6, 6.07) is 0.710. The molecule has 0 aliphatic rings. The molecule has 1 aromatic carbocycles. The Morgan fingerprint density at radius 2 is 1.08 bits per heavy atom.